The number of halogens is 2. The highest BCUT2D eigenvalue weighted by Gasteiger charge is 2.10. The fraction of sp³-hybridized carbons (Fsp3) is 0.286. The number of ether oxygens (including phenoxy) is 1. The molecule has 0 aliphatic heterocycles. The third-order valence-corrected chi connectivity index (χ3v) is 2.50. The van der Waals surface area contributed by atoms with Crippen molar-refractivity contribution in [3.63, 3.8) is 0 Å². The van der Waals surface area contributed by atoms with E-state index in [2.05, 4.69) is 10.6 Å². The first-order chi connectivity index (χ1) is 10.1. The molecular formula is C14H15F2N3O2. The van der Waals surface area contributed by atoms with E-state index in [0.29, 0.717) is 19.6 Å². The number of carbonyl (C=O) groups excluding carboxylic acids is 1. The van der Waals surface area contributed by atoms with Gasteiger partial charge in [-0.25, -0.2) is 8.78 Å². The molecule has 0 fully saturated rings. The molecule has 5 nitrogen and oxygen atoms in total. The van der Waals surface area contributed by atoms with E-state index in [0.717, 1.165) is 18.3 Å². The predicted molar refractivity (Wildman–Crippen MR) is 73.2 cm³/mol. The van der Waals surface area contributed by atoms with Gasteiger partial charge in [-0.15, -0.1) is 0 Å². The van der Waals surface area contributed by atoms with Crippen molar-refractivity contribution in [3.8, 4) is 6.07 Å². The molecule has 0 saturated carbocycles. The highest BCUT2D eigenvalue weighted by Crippen LogP contribution is 2.18. The molecule has 0 spiro atoms. The SMILES string of the molecule is COCCCNC(=O)/C(C#N)=C\Nc1c(F)cccc1F. The van der Waals surface area contributed by atoms with Crippen LogP contribution in [0.4, 0.5) is 14.5 Å². The van der Waals surface area contributed by atoms with Gasteiger partial charge in [-0.3, -0.25) is 4.79 Å². The number of carbonyl (C=O) groups is 1. The molecule has 0 aliphatic rings. The number of nitrogens with one attached hydrogen (secondary N) is 2. The van der Waals surface area contributed by atoms with E-state index in [1.54, 1.807) is 6.07 Å². The standard InChI is InChI=1S/C14H15F2N3O2/c1-21-7-3-6-18-14(20)10(8-17)9-19-13-11(15)4-2-5-12(13)16/h2,4-5,9,19H,3,6-7H2,1H3,(H,18,20)/b10-9-. The van der Waals surface area contributed by atoms with Crippen LogP contribution in [0.5, 0.6) is 0 Å². The lowest BCUT2D eigenvalue weighted by Crippen LogP contribution is -2.26. The maximum Gasteiger partial charge on any atom is 0.263 e. The summed E-state index contributed by atoms with van der Waals surface area (Å²) in [6, 6.07) is 5.01. The summed E-state index contributed by atoms with van der Waals surface area (Å²) >= 11 is 0. The fourth-order valence-corrected chi connectivity index (χ4v) is 1.44. The van der Waals surface area contributed by atoms with Gasteiger partial charge in [0.05, 0.1) is 0 Å². The normalized spacial score (nSPS) is 10.9. The van der Waals surface area contributed by atoms with Gasteiger partial charge in [0, 0.05) is 26.5 Å². The van der Waals surface area contributed by atoms with Crippen LogP contribution in [0.2, 0.25) is 0 Å². The second-order valence-electron chi connectivity index (χ2n) is 4.01. The zero-order chi connectivity index (χ0) is 15.7. The van der Waals surface area contributed by atoms with Gasteiger partial charge >= 0.3 is 0 Å². The summed E-state index contributed by atoms with van der Waals surface area (Å²) in [5.74, 6) is -2.26. The molecule has 7 heteroatoms. The van der Waals surface area contributed by atoms with E-state index in [1.807, 2.05) is 0 Å². The summed E-state index contributed by atoms with van der Waals surface area (Å²) < 4.78 is 31.5. The minimum atomic E-state index is -0.816. The summed E-state index contributed by atoms with van der Waals surface area (Å²) in [5.41, 5.74) is -0.701. The minimum Gasteiger partial charge on any atom is -0.385 e. The van der Waals surface area contributed by atoms with Gasteiger partial charge in [0.2, 0.25) is 0 Å². The first-order valence-corrected chi connectivity index (χ1v) is 6.18. The molecular weight excluding hydrogens is 280 g/mol. The third-order valence-electron chi connectivity index (χ3n) is 2.50. The number of methoxy groups -OCH3 is 1. The monoisotopic (exact) mass is 295 g/mol. The highest BCUT2D eigenvalue weighted by molar-refractivity contribution is 5.97. The number of para-hydroxylation sites is 1. The molecule has 0 radical (unpaired) electrons. The number of amides is 1. The second-order valence-corrected chi connectivity index (χ2v) is 4.01. The molecule has 1 aromatic rings. The van der Waals surface area contributed by atoms with E-state index >= 15 is 0 Å². The molecule has 0 saturated heterocycles. The van der Waals surface area contributed by atoms with Crippen molar-refractivity contribution in [2.24, 2.45) is 0 Å². The van der Waals surface area contributed by atoms with Crippen LogP contribution in [0.25, 0.3) is 0 Å². The Kier molecular flexibility index (Phi) is 6.84. The molecule has 1 aromatic carbocycles. The van der Waals surface area contributed by atoms with Crippen molar-refractivity contribution in [1.82, 2.24) is 5.32 Å². The van der Waals surface area contributed by atoms with E-state index in [4.69, 9.17) is 10.00 Å². The number of rotatable bonds is 7. The van der Waals surface area contributed by atoms with Crippen molar-refractivity contribution >= 4 is 11.6 Å². The average molecular weight is 295 g/mol. The maximum absolute atomic E-state index is 13.4. The topological polar surface area (TPSA) is 74.1 Å². The van der Waals surface area contributed by atoms with Gasteiger partial charge in [-0.05, 0) is 18.6 Å². The largest absolute Gasteiger partial charge is 0.385 e. The van der Waals surface area contributed by atoms with E-state index in [1.165, 1.54) is 13.2 Å². The van der Waals surface area contributed by atoms with Crippen LogP contribution in [0.1, 0.15) is 6.42 Å². The molecule has 112 valence electrons. The summed E-state index contributed by atoms with van der Waals surface area (Å²) in [4.78, 5) is 11.7. The van der Waals surface area contributed by atoms with Gasteiger partial charge in [0.15, 0.2) is 0 Å². The molecule has 1 rings (SSSR count). The zero-order valence-corrected chi connectivity index (χ0v) is 11.5. The van der Waals surface area contributed by atoms with Gasteiger partial charge in [-0.2, -0.15) is 5.26 Å². The Morgan fingerprint density at radius 1 is 1.43 bits per heavy atom. The second kappa shape index (κ2) is 8.66. The lowest BCUT2D eigenvalue weighted by atomic mass is 10.2. The Hall–Kier alpha value is -2.46. The molecule has 2 N–H and O–H groups in total. The van der Waals surface area contributed by atoms with Gasteiger partial charge in [-0.1, -0.05) is 6.07 Å². The number of anilines is 1. The van der Waals surface area contributed by atoms with Gasteiger partial charge in [0.1, 0.15) is 29.0 Å². The van der Waals surface area contributed by atoms with Crippen LogP contribution in [0.15, 0.2) is 30.0 Å². The summed E-state index contributed by atoms with van der Waals surface area (Å²) in [6.07, 6.45) is 1.56. The van der Waals surface area contributed by atoms with E-state index in [-0.39, 0.29) is 5.57 Å². The van der Waals surface area contributed by atoms with Crippen molar-refractivity contribution in [2.45, 2.75) is 6.42 Å². The first kappa shape index (κ1) is 16.6. The van der Waals surface area contributed by atoms with Crippen molar-refractivity contribution in [1.29, 1.82) is 5.26 Å². The van der Waals surface area contributed by atoms with Crippen LogP contribution >= 0.6 is 0 Å². The van der Waals surface area contributed by atoms with Crippen molar-refractivity contribution < 1.29 is 18.3 Å². The van der Waals surface area contributed by atoms with E-state index < -0.39 is 23.2 Å². The average Bonchev–Trinajstić information content (AvgIpc) is 2.47. The van der Waals surface area contributed by atoms with Gasteiger partial charge < -0.3 is 15.4 Å². The molecule has 0 unspecified atom stereocenters. The lowest BCUT2D eigenvalue weighted by Gasteiger charge is -2.06. The Morgan fingerprint density at radius 2 is 2.10 bits per heavy atom. The lowest BCUT2D eigenvalue weighted by molar-refractivity contribution is -0.117. The molecule has 0 bridgehead atoms. The smallest absolute Gasteiger partial charge is 0.263 e. The Bertz CT molecular complexity index is 548. The van der Waals surface area contributed by atoms with Crippen LogP contribution in [-0.4, -0.2) is 26.2 Å². The Labute approximate surface area is 121 Å². The van der Waals surface area contributed by atoms with Gasteiger partial charge in [0.25, 0.3) is 5.91 Å². The summed E-state index contributed by atoms with van der Waals surface area (Å²) in [6.45, 7) is 0.810. The molecule has 1 amide bonds. The number of benzene rings is 1. The van der Waals surface area contributed by atoms with Crippen LogP contribution in [-0.2, 0) is 9.53 Å². The third kappa shape index (κ3) is 5.20. The highest BCUT2D eigenvalue weighted by atomic mass is 19.1. The molecule has 0 atom stereocenters. The predicted octanol–water partition coefficient (Wildman–Crippen LogP) is 1.94. The minimum absolute atomic E-state index is 0.282. The van der Waals surface area contributed by atoms with Crippen LogP contribution < -0.4 is 10.6 Å². The number of nitrogens with zero attached hydrogens (tertiary/aromatic N) is 1. The number of nitriles is 1. The Balaban J connectivity index is 2.68. The Morgan fingerprint density at radius 3 is 2.67 bits per heavy atom. The zero-order valence-electron chi connectivity index (χ0n) is 11.5. The quantitative estimate of drug-likeness (QED) is 0.458. The number of hydrogen-bond donors (Lipinski definition) is 2. The molecule has 0 aromatic heterocycles. The van der Waals surface area contributed by atoms with Crippen LogP contribution in [0, 0.1) is 23.0 Å². The molecule has 0 heterocycles. The van der Waals surface area contributed by atoms with E-state index in [9.17, 15) is 13.6 Å². The van der Waals surface area contributed by atoms with Crippen molar-refractivity contribution in [2.75, 3.05) is 25.6 Å². The fourth-order valence-electron chi connectivity index (χ4n) is 1.44. The first-order valence-electron chi connectivity index (χ1n) is 6.18. The maximum atomic E-state index is 13.4. The summed E-state index contributed by atoms with van der Waals surface area (Å²) in [5, 5.41) is 13.7. The summed E-state index contributed by atoms with van der Waals surface area (Å²) in [7, 11) is 1.54. The van der Waals surface area contributed by atoms with Crippen molar-refractivity contribution in [3.05, 3.63) is 41.6 Å². The van der Waals surface area contributed by atoms with Crippen LogP contribution in [0.3, 0.4) is 0 Å². The number of hydrogen-bond acceptors (Lipinski definition) is 4. The molecule has 21 heavy (non-hydrogen) atoms. The molecule has 0 aliphatic carbocycles.